The number of anilines is 2. The van der Waals surface area contributed by atoms with Crippen molar-refractivity contribution in [3.05, 3.63) is 69.5 Å². The van der Waals surface area contributed by atoms with Crippen molar-refractivity contribution < 1.29 is 17.6 Å². The maximum Gasteiger partial charge on any atom is 0.416 e. The zero-order chi connectivity index (χ0) is 18.9. The van der Waals surface area contributed by atoms with Gasteiger partial charge in [-0.05, 0) is 46.3 Å². The highest BCUT2D eigenvalue weighted by molar-refractivity contribution is 9.10. The molecule has 0 amide bonds. The third kappa shape index (κ3) is 4.31. The van der Waals surface area contributed by atoms with Gasteiger partial charge in [0.15, 0.2) is 5.82 Å². The van der Waals surface area contributed by atoms with Gasteiger partial charge in [-0.1, -0.05) is 23.7 Å². The van der Waals surface area contributed by atoms with Crippen LogP contribution in [-0.4, -0.2) is 9.97 Å². The van der Waals surface area contributed by atoms with E-state index in [2.05, 4.69) is 31.2 Å². The number of hydrogen-bond donors (Lipinski definition) is 1. The average Bonchev–Trinajstić information content (AvgIpc) is 2.56. The summed E-state index contributed by atoms with van der Waals surface area (Å²) >= 11 is 9.19. The molecule has 0 saturated heterocycles. The third-order valence-corrected chi connectivity index (χ3v) is 4.19. The summed E-state index contributed by atoms with van der Waals surface area (Å²) in [5.41, 5.74) is -0.130. The van der Waals surface area contributed by atoms with Gasteiger partial charge in [0.2, 0.25) is 0 Å². The van der Waals surface area contributed by atoms with Gasteiger partial charge in [0.25, 0.3) is 0 Å². The molecule has 26 heavy (non-hydrogen) atoms. The summed E-state index contributed by atoms with van der Waals surface area (Å²) in [5.74, 6) is -0.137. The Hall–Kier alpha value is -2.19. The lowest BCUT2D eigenvalue weighted by atomic mass is 10.1. The van der Waals surface area contributed by atoms with E-state index in [-0.39, 0.29) is 22.4 Å². The van der Waals surface area contributed by atoms with Gasteiger partial charge >= 0.3 is 6.18 Å². The highest BCUT2D eigenvalue weighted by Gasteiger charge is 2.30. The van der Waals surface area contributed by atoms with Gasteiger partial charge in [-0.3, -0.25) is 0 Å². The van der Waals surface area contributed by atoms with Crippen LogP contribution in [-0.2, 0) is 6.18 Å². The molecule has 0 unspecified atom stereocenters. The van der Waals surface area contributed by atoms with Gasteiger partial charge in [0.1, 0.15) is 16.8 Å². The smallest absolute Gasteiger partial charge is 0.339 e. The topological polar surface area (TPSA) is 37.8 Å². The molecule has 0 bridgehead atoms. The van der Waals surface area contributed by atoms with E-state index in [0.717, 1.165) is 12.1 Å². The Balaban J connectivity index is 1.98. The molecule has 9 heteroatoms. The number of nitrogens with zero attached hydrogens (tertiary/aromatic N) is 2. The largest absolute Gasteiger partial charge is 0.416 e. The number of rotatable bonds is 3. The number of benzene rings is 2. The molecule has 1 N–H and O–H groups in total. The molecule has 3 nitrogen and oxygen atoms in total. The van der Waals surface area contributed by atoms with E-state index >= 15 is 0 Å². The summed E-state index contributed by atoms with van der Waals surface area (Å²) in [4.78, 5) is 8.18. The first kappa shape index (κ1) is 18.6. The van der Waals surface area contributed by atoms with E-state index in [1.807, 2.05) is 0 Å². The summed E-state index contributed by atoms with van der Waals surface area (Å²) in [6.07, 6.45) is -4.48. The summed E-state index contributed by atoms with van der Waals surface area (Å²) in [5, 5.41) is 2.97. The predicted octanol–water partition coefficient (Wildman–Crippen LogP) is 6.46. The minimum atomic E-state index is -4.48. The molecule has 1 aromatic heterocycles. The van der Waals surface area contributed by atoms with E-state index in [0.29, 0.717) is 10.2 Å². The number of alkyl halides is 3. The van der Waals surface area contributed by atoms with Gasteiger partial charge in [-0.2, -0.15) is 13.2 Å². The van der Waals surface area contributed by atoms with Crippen LogP contribution in [0.2, 0.25) is 5.15 Å². The first-order valence-electron chi connectivity index (χ1n) is 7.17. The molecular weight excluding hydrogens is 438 g/mol. The Morgan fingerprint density at radius 1 is 1.00 bits per heavy atom. The van der Waals surface area contributed by atoms with Crippen molar-refractivity contribution >= 4 is 39.0 Å². The zero-order valence-corrected chi connectivity index (χ0v) is 15.1. The molecule has 0 aliphatic heterocycles. The summed E-state index contributed by atoms with van der Waals surface area (Å²) < 4.78 is 52.3. The Morgan fingerprint density at radius 2 is 1.77 bits per heavy atom. The van der Waals surface area contributed by atoms with E-state index in [9.17, 15) is 17.6 Å². The molecular formula is C17H9BrClF4N3. The number of halogens is 6. The molecule has 0 saturated carbocycles. The van der Waals surface area contributed by atoms with Crippen molar-refractivity contribution in [1.82, 2.24) is 9.97 Å². The standard InChI is InChI=1S/C17H9BrClF4N3/c18-12-7-11(20)4-5-13(12)24-15-8-14(19)25-16(26-15)9-2-1-3-10(6-9)17(21,22)23/h1-8H,(H,24,25,26). The maximum atomic E-state index is 13.2. The monoisotopic (exact) mass is 445 g/mol. The van der Waals surface area contributed by atoms with Gasteiger partial charge in [-0.15, -0.1) is 0 Å². The van der Waals surface area contributed by atoms with Crippen molar-refractivity contribution in [2.24, 2.45) is 0 Å². The Labute approximate surface area is 159 Å². The molecule has 0 atom stereocenters. The minimum absolute atomic E-state index is 0.0318. The van der Waals surface area contributed by atoms with Crippen LogP contribution in [0.15, 0.2) is 53.0 Å². The summed E-state index contributed by atoms with van der Waals surface area (Å²) in [6, 6.07) is 10.0. The fourth-order valence-corrected chi connectivity index (χ4v) is 2.81. The first-order valence-corrected chi connectivity index (χ1v) is 8.34. The van der Waals surface area contributed by atoms with Crippen LogP contribution >= 0.6 is 27.5 Å². The van der Waals surface area contributed by atoms with Crippen molar-refractivity contribution in [2.45, 2.75) is 6.18 Å². The summed E-state index contributed by atoms with van der Waals surface area (Å²) in [7, 11) is 0. The first-order chi connectivity index (χ1) is 12.2. The zero-order valence-electron chi connectivity index (χ0n) is 12.8. The second-order valence-corrected chi connectivity index (χ2v) is 6.47. The number of nitrogens with one attached hydrogen (secondary N) is 1. The lowest BCUT2D eigenvalue weighted by Crippen LogP contribution is -2.05. The third-order valence-electron chi connectivity index (χ3n) is 3.34. The van der Waals surface area contributed by atoms with Crippen LogP contribution in [0.25, 0.3) is 11.4 Å². The van der Waals surface area contributed by atoms with Crippen molar-refractivity contribution in [3.8, 4) is 11.4 Å². The molecule has 2 aromatic carbocycles. The quantitative estimate of drug-likeness (QED) is 0.370. The van der Waals surface area contributed by atoms with Gasteiger partial charge in [0, 0.05) is 16.1 Å². The van der Waals surface area contributed by atoms with E-state index in [1.165, 1.54) is 36.4 Å². The SMILES string of the molecule is Fc1ccc(Nc2cc(Cl)nc(-c3cccc(C(F)(F)F)c3)n2)c(Br)c1. The van der Waals surface area contributed by atoms with Crippen molar-refractivity contribution in [1.29, 1.82) is 0 Å². The van der Waals surface area contributed by atoms with Crippen LogP contribution in [0.5, 0.6) is 0 Å². The van der Waals surface area contributed by atoms with Gasteiger partial charge in [0.05, 0.1) is 11.3 Å². The molecule has 3 aromatic rings. The molecule has 1 heterocycles. The Bertz CT molecular complexity index is 963. The predicted molar refractivity (Wildman–Crippen MR) is 94.9 cm³/mol. The number of aromatic nitrogens is 2. The van der Waals surface area contributed by atoms with E-state index < -0.39 is 17.6 Å². The highest BCUT2D eigenvalue weighted by atomic mass is 79.9. The van der Waals surface area contributed by atoms with Crippen LogP contribution in [0.4, 0.5) is 29.1 Å². The summed E-state index contributed by atoms with van der Waals surface area (Å²) in [6.45, 7) is 0. The lowest BCUT2D eigenvalue weighted by Gasteiger charge is -2.11. The molecule has 0 fully saturated rings. The van der Waals surface area contributed by atoms with Crippen molar-refractivity contribution in [2.75, 3.05) is 5.32 Å². The molecule has 134 valence electrons. The van der Waals surface area contributed by atoms with Crippen LogP contribution in [0.3, 0.4) is 0 Å². The van der Waals surface area contributed by atoms with Crippen LogP contribution in [0.1, 0.15) is 5.56 Å². The van der Waals surface area contributed by atoms with Gasteiger partial charge in [-0.25, -0.2) is 14.4 Å². The molecule has 0 aliphatic carbocycles. The second-order valence-electron chi connectivity index (χ2n) is 5.23. The lowest BCUT2D eigenvalue weighted by molar-refractivity contribution is -0.137. The Kier molecular flexibility index (Phi) is 5.15. The molecule has 0 spiro atoms. The minimum Gasteiger partial charge on any atom is -0.339 e. The fraction of sp³-hybridized carbons (Fsp3) is 0.0588. The fourth-order valence-electron chi connectivity index (χ4n) is 2.17. The maximum absolute atomic E-state index is 13.2. The van der Waals surface area contributed by atoms with Crippen LogP contribution in [0, 0.1) is 5.82 Å². The molecule has 0 aliphatic rings. The van der Waals surface area contributed by atoms with Crippen molar-refractivity contribution in [3.63, 3.8) is 0 Å². The van der Waals surface area contributed by atoms with E-state index in [4.69, 9.17) is 11.6 Å². The normalized spacial score (nSPS) is 11.5. The Morgan fingerprint density at radius 3 is 2.46 bits per heavy atom. The highest BCUT2D eigenvalue weighted by Crippen LogP contribution is 2.32. The average molecular weight is 447 g/mol. The van der Waals surface area contributed by atoms with Crippen LogP contribution < -0.4 is 5.32 Å². The molecule has 3 rings (SSSR count). The number of hydrogen-bond acceptors (Lipinski definition) is 3. The van der Waals surface area contributed by atoms with Gasteiger partial charge < -0.3 is 5.32 Å². The molecule has 0 radical (unpaired) electrons. The van der Waals surface area contributed by atoms with E-state index in [1.54, 1.807) is 0 Å². The second kappa shape index (κ2) is 7.20.